The summed E-state index contributed by atoms with van der Waals surface area (Å²) in [6.45, 7) is 5.36. The van der Waals surface area contributed by atoms with Gasteiger partial charge in [-0.25, -0.2) is 0 Å². The Kier molecular flexibility index (Phi) is 3.88. The number of aryl methyl sites for hydroxylation is 1. The molecule has 0 radical (unpaired) electrons. The van der Waals surface area contributed by atoms with Crippen LogP contribution in [0.25, 0.3) is 0 Å². The molecule has 1 N–H and O–H groups in total. The number of nitrogens with one attached hydrogen (secondary N) is 1. The molecule has 1 atom stereocenters. The summed E-state index contributed by atoms with van der Waals surface area (Å²) in [5, 5.41) is 4.54. The van der Waals surface area contributed by atoms with Crippen molar-refractivity contribution in [2.24, 2.45) is 5.92 Å². The molecule has 1 fully saturated rings. The predicted molar refractivity (Wildman–Crippen MR) is 69.9 cm³/mol. The fourth-order valence-electron chi connectivity index (χ4n) is 2.14. The van der Waals surface area contributed by atoms with E-state index in [1.807, 2.05) is 0 Å². The molecule has 1 nitrogen and oxygen atoms in total. The fraction of sp³-hybridized carbons (Fsp3) is 0.571. The molecule has 0 amide bonds. The summed E-state index contributed by atoms with van der Waals surface area (Å²) in [4.78, 5) is 0. The molecule has 0 bridgehead atoms. The third-order valence-electron chi connectivity index (χ3n) is 3.20. The highest BCUT2D eigenvalue weighted by atomic mass is 35.5. The van der Waals surface area contributed by atoms with Crippen LogP contribution >= 0.6 is 11.6 Å². The van der Waals surface area contributed by atoms with E-state index in [0.717, 1.165) is 17.5 Å². The molecular weight excluding hydrogens is 218 g/mol. The van der Waals surface area contributed by atoms with E-state index in [1.165, 1.54) is 30.4 Å². The molecule has 1 aliphatic rings. The van der Waals surface area contributed by atoms with E-state index >= 15 is 0 Å². The zero-order valence-corrected chi connectivity index (χ0v) is 10.8. The summed E-state index contributed by atoms with van der Waals surface area (Å²) in [6.07, 6.45) is 3.85. The van der Waals surface area contributed by atoms with Gasteiger partial charge in [-0.15, -0.1) is 0 Å². The van der Waals surface area contributed by atoms with E-state index in [-0.39, 0.29) is 0 Å². The average Bonchev–Trinajstić information content (AvgIpc) is 3.05. The Bertz CT molecular complexity index is 358. The largest absolute Gasteiger partial charge is 0.310 e. The number of rotatable bonds is 5. The van der Waals surface area contributed by atoms with Gasteiger partial charge in [0.2, 0.25) is 0 Å². The van der Waals surface area contributed by atoms with Crippen molar-refractivity contribution >= 4 is 11.6 Å². The van der Waals surface area contributed by atoms with Crippen LogP contribution in [0.2, 0.25) is 5.02 Å². The second-order valence-corrected chi connectivity index (χ2v) is 5.20. The van der Waals surface area contributed by atoms with Crippen LogP contribution < -0.4 is 5.32 Å². The molecule has 0 aromatic heterocycles. The zero-order valence-electron chi connectivity index (χ0n) is 10.1. The number of halogens is 1. The van der Waals surface area contributed by atoms with E-state index in [2.05, 4.69) is 37.4 Å². The highest BCUT2D eigenvalue weighted by molar-refractivity contribution is 6.31. The Morgan fingerprint density at radius 2 is 2.19 bits per heavy atom. The van der Waals surface area contributed by atoms with Crippen LogP contribution in [0.4, 0.5) is 0 Å². The first-order valence-electron chi connectivity index (χ1n) is 6.21. The van der Waals surface area contributed by atoms with Gasteiger partial charge in [0.25, 0.3) is 0 Å². The Morgan fingerprint density at radius 3 is 2.75 bits per heavy atom. The molecule has 88 valence electrons. The minimum atomic E-state index is 0.466. The van der Waals surface area contributed by atoms with E-state index < -0.39 is 0 Å². The Morgan fingerprint density at radius 1 is 1.44 bits per heavy atom. The summed E-state index contributed by atoms with van der Waals surface area (Å²) in [5.41, 5.74) is 2.52. The van der Waals surface area contributed by atoms with E-state index in [1.54, 1.807) is 0 Å². The minimum Gasteiger partial charge on any atom is -0.310 e. The highest BCUT2D eigenvalue weighted by Gasteiger charge is 2.32. The summed E-state index contributed by atoms with van der Waals surface area (Å²) < 4.78 is 0. The molecule has 1 aromatic rings. The van der Waals surface area contributed by atoms with Crippen molar-refractivity contribution in [1.29, 1.82) is 0 Å². The van der Waals surface area contributed by atoms with Crippen LogP contribution in [0.1, 0.15) is 43.4 Å². The molecular formula is C14H20ClN. The molecule has 1 saturated carbocycles. The van der Waals surface area contributed by atoms with Crippen LogP contribution in [0.5, 0.6) is 0 Å². The van der Waals surface area contributed by atoms with Gasteiger partial charge in [-0.2, -0.15) is 0 Å². The molecule has 0 saturated heterocycles. The van der Waals surface area contributed by atoms with Crippen molar-refractivity contribution < 1.29 is 0 Å². The quantitative estimate of drug-likeness (QED) is 0.813. The van der Waals surface area contributed by atoms with Gasteiger partial charge < -0.3 is 5.32 Å². The maximum Gasteiger partial charge on any atom is 0.0456 e. The van der Waals surface area contributed by atoms with Gasteiger partial charge in [-0.05, 0) is 55.8 Å². The number of hydrogen-bond acceptors (Lipinski definition) is 1. The average molecular weight is 238 g/mol. The molecule has 2 heteroatoms. The third kappa shape index (κ3) is 2.78. The summed E-state index contributed by atoms with van der Waals surface area (Å²) in [6, 6.07) is 6.88. The summed E-state index contributed by atoms with van der Waals surface area (Å²) in [7, 11) is 0. The standard InChI is InChI=1S/C14H20ClN/c1-3-8-16-14(11-5-6-11)12-7-4-10(2)9-13(12)15/h4,7,9,11,14,16H,3,5-6,8H2,1-2H3. The first kappa shape index (κ1) is 11.9. The Hall–Kier alpha value is -0.530. The molecule has 0 spiro atoms. The van der Waals surface area contributed by atoms with E-state index in [0.29, 0.717) is 6.04 Å². The van der Waals surface area contributed by atoms with E-state index in [9.17, 15) is 0 Å². The van der Waals surface area contributed by atoms with Crippen molar-refractivity contribution in [3.8, 4) is 0 Å². The van der Waals surface area contributed by atoms with Crippen molar-refractivity contribution in [2.75, 3.05) is 6.54 Å². The lowest BCUT2D eigenvalue weighted by Gasteiger charge is -2.20. The first-order chi connectivity index (χ1) is 7.72. The molecule has 1 unspecified atom stereocenters. The first-order valence-corrected chi connectivity index (χ1v) is 6.59. The van der Waals surface area contributed by atoms with Gasteiger partial charge in [0.15, 0.2) is 0 Å². The topological polar surface area (TPSA) is 12.0 Å². The maximum atomic E-state index is 6.34. The second kappa shape index (κ2) is 5.20. The van der Waals surface area contributed by atoms with Crippen LogP contribution in [0.3, 0.4) is 0 Å². The van der Waals surface area contributed by atoms with Crippen LogP contribution in [-0.2, 0) is 0 Å². The van der Waals surface area contributed by atoms with Crippen molar-refractivity contribution in [3.63, 3.8) is 0 Å². The lowest BCUT2D eigenvalue weighted by atomic mass is 10.0. The van der Waals surface area contributed by atoms with Crippen molar-refractivity contribution in [3.05, 3.63) is 34.3 Å². The molecule has 16 heavy (non-hydrogen) atoms. The number of benzene rings is 1. The molecule has 0 heterocycles. The van der Waals surface area contributed by atoms with Gasteiger partial charge in [-0.1, -0.05) is 30.7 Å². The molecule has 2 rings (SSSR count). The van der Waals surface area contributed by atoms with Crippen LogP contribution in [0.15, 0.2) is 18.2 Å². The highest BCUT2D eigenvalue weighted by Crippen LogP contribution is 2.42. The summed E-state index contributed by atoms with van der Waals surface area (Å²) in [5.74, 6) is 0.798. The van der Waals surface area contributed by atoms with E-state index in [4.69, 9.17) is 11.6 Å². The molecule has 1 aromatic carbocycles. The van der Waals surface area contributed by atoms with Gasteiger partial charge in [-0.3, -0.25) is 0 Å². The third-order valence-corrected chi connectivity index (χ3v) is 3.53. The Balaban J connectivity index is 2.17. The Labute approximate surface area is 103 Å². The lowest BCUT2D eigenvalue weighted by Crippen LogP contribution is -2.24. The smallest absolute Gasteiger partial charge is 0.0456 e. The monoisotopic (exact) mass is 237 g/mol. The number of hydrogen-bond donors (Lipinski definition) is 1. The van der Waals surface area contributed by atoms with Gasteiger partial charge in [0.1, 0.15) is 0 Å². The second-order valence-electron chi connectivity index (χ2n) is 4.79. The maximum absolute atomic E-state index is 6.34. The van der Waals surface area contributed by atoms with Gasteiger partial charge in [0.05, 0.1) is 0 Å². The lowest BCUT2D eigenvalue weighted by molar-refractivity contribution is 0.481. The minimum absolute atomic E-state index is 0.466. The van der Waals surface area contributed by atoms with Crippen molar-refractivity contribution in [1.82, 2.24) is 5.32 Å². The van der Waals surface area contributed by atoms with Crippen LogP contribution in [0, 0.1) is 12.8 Å². The van der Waals surface area contributed by atoms with Gasteiger partial charge in [0, 0.05) is 11.1 Å². The molecule has 0 aliphatic heterocycles. The summed E-state index contributed by atoms with van der Waals surface area (Å²) >= 11 is 6.34. The SMILES string of the molecule is CCCNC(c1ccc(C)cc1Cl)C1CC1. The van der Waals surface area contributed by atoms with Crippen LogP contribution in [-0.4, -0.2) is 6.54 Å². The predicted octanol–water partition coefficient (Wildman–Crippen LogP) is 4.10. The molecule has 1 aliphatic carbocycles. The van der Waals surface area contributed by atoms with Crippen molar-refractivity contribution in [2.45, 2.75) is 39.2 Å². The fourth-order valence-corrected chi connectivity index (χ4v) is 2.50. The zero-order chi connectivity index (χ0) is 11.5. The normalized spacial score (nSPS) is 17.4. The van der Waals surface area contributed by atoms with Gasteiger partial charge >= 0.3 is 0 Å².